The van der Waals surface area contributed by atoms with Crippen molar-refractivity contribution in [1.82, 2.24) is 14.9 Å². The van der Waals surface area contributed by atoms with Gasteiger partial charge >= 0.3 is 11.9 Å². The number of nitrogens with one attached hydrogen (secondary N) is 1. The number of carbonyl (C=O) groups is 2. The molecule has 0 unspecified atom stereocenters. The molecule has 0 spiro atoms. The summed E-state index contributed by atoms with van der Waals surface area (Å²) in [6.07, 6.45) is 2.34. The maximum atomic E-state index is 13.4. The molecule has 1 saturated carbocycles. The van der Waals surface area contributed by atoms with E-state index < -0.39 is 17.5 Å². The number of rotatable bonds is 5. The number of ether oxygens (including phenoxy) is 2. The number of benzene rings is 1. The molecule has 9 nitrogen and oxygen atoms in total. The number of aromatic nitrogens is 2. The molecule has 4 heterocycles. The van der Waals surface area contributed by atoms with Gasteiger partial charge in [0.05, 0.1) is 29.0 Å². The summed E-state index contributed by atoms with van der Waals surface area (Å²) >= 11 is 0. The Hall–Kier alpha value is -3.56. The number of aliphatic hydroxyl groups is 1. The first-order valence-electron chi connectivity index (χ1n) is 11.8. The van der Waals surface area contributed by atoms with Crippen molar-refractivity contribution in [3.8, 4) is 17.1 Å². The van der Waals surface area contributed by atoms with E-state index in [1.807, 2.05) is 6.07 Å². The van der Waals surface area contributed by atoms with Crippen LogP contribution in [0, 0.1) is 0 Å². The van der Waals surface area contributed by atoms with Gasteiger partial charge in [-0.15, -0.1) is 0 Å². The van der Waals surface area contributed by atoms with Gasteiger partial charge in [-0.3, -0.25) is 9.59 Å². The third-order valence-electron chi connectivity index (χ3n) is 7.16. The zero-order chi connectivity index (χ0) is 24.5. The third-order valence-corrected chi connectivity index (χ3v) is 7.16. The second kappa shape index (κ2) is 7.73. The molecule has 6 rings (SSSR count). The summed E-state index contributed by atoms with van der Waals surface area (Å²) < 4.78 is 12.2. The molecule has 2 aliphatic heterocycles. The lowest BCUT2D eigenvalue weighted by atomic mass is 9.86. The Morgan fingerprint density at radius 1 is 1.31 bits per heavy atom. The van der Waals surface area contributed by atoms with Crippen LogP contribution >= 0.6 is 0 Å². The van der Waals surface area contributed by atoms with E-state index in [0.29, 0.717) is 52.9 Å². The van der Waals surface area contributed by atoms with Crippen molar-refractivity contribution in [3.05, 3.63) is 56.9 Å². The first-order chi connectivity index (χ1) is 16.8. The Bertz CT molecular complexity index is 1490. The van der Waals surface area contributed by atoms with Crippen molar-refractivity contribution in [2.24, 2.45) is 0 Å². The molecule has 1 aromatic carbocycles. The lowest BCUT2D eigenvalue weighted by molar-refractivity contribution is -0.172. The van der Waals surface area contributed by atoms with Crippen LogP contribution in [-0.2, 0) is 39.6 Å². The van der Waals surface area contributed by atoms with Crippen LogP contribution in [0.15, 0.2) is 29.1 Å². The average molecular weight is 476 g/mol. The molecule has 2 aromatic heterocycles. The predicted octanol–water partition coefficient (Wildman–Crippen LogP) is 2.26. The lowest BCUT2D eigenvalue weighted by Crippen LogP contribution is -2.44. The average Bonchev–Trinajstić information content (AvgIpc) is 3.59. The standard InChI is InChI=1S/C26H25N3O6/c1-3-26(33)19-9-21-23-14(11-29(21)24(31)18(19)12-34-25(26)32)8-16-17(10-27-15-4-5-15)22(35-13(2)30)7-6-20(16)28-23/h6-9,15,27,33H,3-5,10-12H2,1-2H3/t26-/m0/s1. The molecular weight excluding hydrogens is 450 g/mol. The number of carbonyl (C=O) groups excluding carboxylic acids is 2. The van der Waals surface area contributed by atoms with Gasteiger partial charge in [0, 0.05) is 41.6 Å². The summed E-state index contributed by atoms with van der Waals surface area (Å²) in [6, 6.07) is 7.71. The number of hydrogen-bond donors (Lipinski definition) is 2. The van der Waals surface area contributed by atoms with E-state index in [9.17, 15) is 19.5 Å². The van der Waals surface area contributed by atoms with E-state index in [-0.39, 0.29) is 18.6 Å². The Labute approximate surface area is 200 Å². The number of esters is 2. The van der Waals surface area contributed by atoms with Crippen LogP contribution in [0.3, 0.4) is 0 Å². The maximum Gasteiger partial charge on any atom is 0.343 e. The first-order valence-corrected chi connectivity index (χ1v) is 11.8. The molecular formula is C26H25N3O6. The van der Waals surface area contributed by atoms with Crippen LogP contribution < -0.4 is 15.6 Å². The molecule has 180 valence electrons. The van der Waals surface area contributed by atoms with Gasteiger partial charge in [-0.05, 0) is 43.5 Å². The summed E-state index contributed by atoms with van der Waals surface area (Å²) in [5.41, 5.74) is 2.03. The van der Waals surface area contributed by atoms with Crippen LogP contribution in [0.5, 0.6) is 5.75 Å². The Kier molecular flexibility index (Phi) is 4.84. The minimum atomic E-state index is -1.86. The summed E-state index contributed by atoms with van der Waals surface area (Å²) in [5, 5.41) is 15.4. The highest BCUT2D eigenvalue weighted by Crippen LogP contribution is 2.40. The zero-order valence-electron chi connectivity index (χ0n) is 19.5. The van der Waals surface area contributed by atoms with Crippen LogP contribution in [0.1, 0.15) is 55.4 Å². The molecule has 1 fully saturated rings. The van der Waals surface area contributed by atoms with Gasteiger partial charge in [0.25, 0.3) is 5.56 Å². The van der Waals surface area contributed by atoms with Gasteiger partial charge in [-0.25, -0.2) is 9.78 Å². The van der Waals surface area contributed by atoms with Gasteiger partial charge in [-0.1, -0.05) is 6.92 Å². The Morgan fingerprint density at radius 2 is 2.11 bits per heavy atom. The van der Waals surface area contributed by atoms with Crippen molar-refractivity contribution in [3.63, 3.8) is 0 Å². The van der Waals surface area contributed by atoms with Gasteiger partial charge in [0.15, 0.2) is 5.60 Å². The minimum Gasteiger partial charge on any atom is -0.458 e. The highest BCUT2D eigenvalue weighted by Gasteiger charge is 2.45. The monoisotopic (exact) mass is 475 g/mol. The van der Waals surface area contributed by atoms with Crippen LogP contribution in [-0.4, -0.2) is 32.6 Å². The molecule has 35 heavy (non-hydrogen) atoms. The van der Waals surface area contributed by atoms with Gasteiger partial charge in [-0.2, -0.15) is 0 Å². The number of nitrogens with zero attached hydrogens (tertiary/aromatic N) is 2. The number of pyridine rings is 2. The molecule has 0 bridgehead atoms. The van der Waals surface area contributed by atoms with Gasteiger partial charge in [0.1, 0.15) is 12.4 Å². The zero-order valence-corrected chi connectivity index (χ0v) is 19.5. The number of hydrogen-bond acceptors (Lipinski definition) is 8. The fourth-order valence-corrected chi connectivity index (χ4v) is 5.06. The van der Waals surface area contributed by atoms with E-state index in [1.54, 1.807) is 29.7 Å². The fourth-order valence-electron chi connectivity index (χ4n) is 5.06. The van der Waals surface area contributed by atoms with Crippen molar-refractivity contribution in [2.75, 3.05) is 0 Å². The molecule has 9 heteroatoms. The van der Waals surface area contributed by atoms with Gasteiger partial charge < -0.3 is 24.5 Å². The maximum absolute atomic E-state index is 13.4. The lowest BCUT2D eigenvalue weighted by Gasteiger charge is -2.31. The second-order valence-electron chi connectivity index (χ2n) is 9.46. The molecule has 3 aliphatic rings. The minimum absolute atomic E-state index is 0.0933. The molecule has 1 aliphatic carbocycles. The quantitative estimate of drug-likeness (QED) is 0.333. The van der Waals surface area contributed by atoms with E-state index in [1.165, 1.54) is 6.92 Å². The first kappa shape index (κ1) is 21.9. The van der Waals surface area contributed by atoms with E-state index >= 15 is 0 Å². The smallest absolute Gasteiger partial charge is 0.343 e. The van der Waals surface area contributed by atoms with Gasteiger partial charge in [0.2, 0.25) is 0 Å². The summed E-state index contributed by atoms with van der Waals surface area (Å²) in [5.74, 6) is -0.644. The summed E-state index contributed by atoms with van der Waals surface area (Å²) in [4.78, 5) is 42.3. The molecule has 0 saturated heterocycles. The molecule has 0 radical (unpaired) electrons. The van der Waals surface area contributed by atoms with Crippen LogP contribution in [0.2, 0.25) is 0 Å². The summed E-state index contributed by atoms with van der Waals surface area (Å²) in [7, 11) is 0. The van der Waals surface area contributed by atoms with Crippen molar-refractivity contribution in [2.45, 2.75) is 64.4 Å². The normalized spacial score (nSPS) is 20.3. The predicted molar refractivity (Wildman–Crippen MR) is 126 cm³/mol. The number of cyclic esters (lactones) is 1. The van der Waals surface area contributed by atoms with E-state index in [0.717, 1.165) is 29.4 Å². The summed E-state index contributed by atoms with van der Waals surface area (Å²) in [6.45, 7) is 3.74. The topological polar surface area (TPSA) is 120 Å². The Morgan fingerprint density at radius 3 is 2.83 bits per heavy atom. The molecule has 0 amide bonds. The van der Waals surface area contributed by atoms with Crippen molar-refractivity contribution in [1.29, 1.82) is 0 Å². The molecule has 3 aromatic rings. The van der Waals surface area contributed by atoms with E-state index in [2.05, 4.69) is 5.32 Å². The van der Waals surface area contributed by atoms with E-state index in [4.69, 9.17) is 14.5 Å². The highest BCUT2D eigenvalue weighted by atomic mass is 16.6. The molecule has 2 N–H and O–H groups in total. The Balaban J connectivity index is 1.52. The third kappa shape index (κ3) is 3.37. The fraction of sp³-hybridized carbons (Fsp3) is 0.385. The highest BCUT2D eigenvalue weighted by molar-refractivity contribution is 5.90. The second-order valence-corrected chi connectivity index (χ2v) is 9.46. The number of fused-ring (bicyclic) bond motifs is 5. The van der Waals surface area contributed by atoms with Crippen molar-refractivity contribution < 1.29 is 24.2 Å². The van der Waals surface area contributed by atoms with Crippen LogP contribution in [0.25, 0.3) is 22.3 Å². The molecule has 1 atom stereocenters. The SMILES string of the molecule is CC[C@@]1(O)C(=O)OCc2c1cc1n(c2=O)Cc2cc3c(CNC4CC4)c(OC(C)=O)ccc3nc2-1. The largest absolute Gasteiger partial charge is 0.458 e. The van der Waals surface area contributed by atoms with Crippen LogP contribution in [0.4, 0.5) is 0 Å². The van der Waals surface area contributed by atoms with Crippen molar-refractivity contribution >= 4 is 22.8 Å².